The van der Waals surface area contributed by atoms with E-state index in [1.807, 2.05) is 0 Å². The minimum atomic E-state index is -0.966. The van der Waals surface area contributed by atoms with E-state index in [4.69, 9.17) is 9.47 Å². The summed E-state index contributed by atoms with van der Waals surface area (Å²) < 4.78 is 10.7. The molecule has 24 heavy (non-hydrogen) atoms. The maximum atomic E-state index is 11.1. The summed E-state index contributed by atoms with van der Waals surface area (Å²) in [4.78, 5) is 11.1. The van der Waals surface area contributed by atoms with E-state index in [0.29, 0.717) is 11.1 Å². The molecule has 0 aromatic heterocycles. The van der Waals surface area contributed by atoms with Crippen LogP contribution in [0.4, 0.5) is 0 Å². The van der Waals surface area contributed by atoms with Gasteiger partial charge in [-0.3, -0.25) is 4.79 Å². The molecule has 0 saturated carbocycles. The molecule has 1 aliphatic rings. The average Bonchev–Trinajstić information content (AvgIpc) is 2.50. The molecular weight excluding hydrogens is 316 g/mol. The predicted octanol–water partition coefficient (Wildman–Crippen LogP) is 1.77. The van der Waals surface area contributed by atoms with Crippen molar-refractivity contribution >= 4 is 5.97 Å². The van der Waals surface area contributed by atoms with Gasteiger partial charge in [0.1, 0.15) is 23.4 Å². The number of hydrogen-bond acceptors (Lipinski definition) is 7. The Bertz CT molecular complexity index is 800. The summed E-state index contributed by atoms with van der Waals surface area (Å²) in [5.74, 6) is -0.888. The molecule has 0 amide bonds. The van der Waals surface area contributed by atoms with Gasteiger partial charge in [-0.2, -0.15) is 0 Å². The number of aromatic hydroxyl groups is 3. The highest BCUT2D eigenvalue weighted by Crippen LogP contribution is 2.43. The molecule has 7 nitrogen and oxygen atoms in total. The van der Waals surface area contributed by atoms with Crippen LogP contribution in [-0.4, -0.2) is 32.5 Å². The second kappa shape index (κ2) is 5.93. The second-order valence-corrected chi connectivity index (χ2v) is 5.57. The number of hydrogen-bond donors (Lipinski definition) is 4. The number of aliphatic hydroxyl groups is 1. The third-order valence-electron chi connectivity index (χ3n) is 3.77. The van der Waals surface area contributed by atoms with E-state index in [-0.39, 0.29) is 35.2 Å². The topological polar surface area (TPSA) is 116 Å². The average molecular weight is 332 g/mol. The first-order valence-electron chi connectivity index (χ1n) is 7.26. The predicted molar refractivity (Wildman–Crippen MR) is 82.3 cm³/mol. The Morgan fingerprint density at radius 1 is 1.12 bits per heavy atom. The fraction of sp³-hybridized carbons (Fsp3) is 0.235. The molecule has 0 saturated heterocycles. The Balaban J connectivity index is 1.97. The Hall–Kier alpha value is -2.93. The maximum Gasteiger partial charge on any atom is 0.308 e. The van der Waals surface area contributed by atoms with E-state index in [1.54, 1.807) is 0 Å². The highest BCUT2D eigenvalue weighted by atomic mass is 16.5. The van der Waals surface area contributed by atoms with Crippen LogP contribution in [0.3, 0.4) is 0 Å². The lowest BCUT2D eigenvalue weighted by atomic mass is 9.94. The summed E-state index contributed by atoms with van der Waals surface area (Å²) in [6.07, 6.45) is -1.66. The van der Waals surface area contributed by atoms with Crippen molar-refractivity contribution in [1.29, 1.82) is 0 Å². The molecule has 0 radical (unpaired) electrons. The van der Waals surface area contributed by atoms with Gasteiger partial charge < -0.3 is 29.9 Å². The van der Waals surface area contributed by atoms with Crippen molar-refractivity contribution in [2.75, 3.05) is 0 Å². The zero-order valence-electron chi connectivity index (χ0n) is 12.8. The van der Waals surface area contributed by atoms with Crippen molar-refractivity contribution in [2.24, 2.45) is 0 Å². The summed E-state index contributed by atoms with van der Waals surface area (Å²) in [7, 11) is 0. The van der Waals surface area contributed by atoms with Crippen LogP contribution in [-0.2, 0) is 11.2 Å². The SMILES string of the molecule is CC(=O)Oc1cc(O)c2c(c1)O[C@H](c1ccc(O)c(O)c1)[C@H](O)C2. The smallest absolute Gasteiger partial charge is 0.308 e. The van der Waals surface area contributed by atoms with E-state index in [9.17, 15) is 25.2 Å². The maximum absolute atomic E-state index is 11.1. The van der Waals surface area contributed by atoms with Gasteiger partial charge in [0.2, 0.25) is 0 Å². The fourth-order valence-electron chi connectivity index (χ4n) is 2.68. The van der Waals surface area contributed by atoms with Gasteiger partial charge in [0.25, 0.3) is 0 Å². The van der Waals surface area contributed by atoms with Crippen molar-refractivity contribution < 1.29 is 34.7 Å². The second-order valence-electron chi connectivity index (χ2n) is 5.57. The summed E-state index contributed by atoms with van der Waals surface area (Å²) in [5.41, 5.74) is 0.860. The van der Waals surface area contributed by atoms with Crippen molar-refractivity contribution in [1.82, 2.24) is 0 Å². The fourth-order valence-corrected chi connectivity index (χ4v) is 2.68. The lowest BCUT2D eigenvalue weighted by Gasteiger charge is -2.31. The van der Waals surface area contributed by atoms with E-state index in [2.05, 4.69) is 0 Å². The van der Waals surface area contributed by atoms with E-state index >= 15 is 0 Å². The van der Waals surface area contributed by atoms with Crippen LogP contribution in [0, 0.1) is 0 Å². The van der Waals surface area contributed by atoms with E-state index in [0.717, 1.165) is 0 Å². The number of benzene rings is 2. The monoisotopic (exact) mass is 332 g/mol. The molecule has 4 N–H and O–H groups in total. The molecule has 0 bridgehead atoms. The number of ether oxygens (including phenoxy) is 2. The molecule has 0 aliphatic carbocycles. The number of phenols is 3. The number of esters is 1. The van der Waals surface area contributed by atoms with E-state index < -0.39 is 18.2 Å². The minimum Gasteiger partial charge on any atom is -0.507 e. The Morgan fingerprint density at radius 2 is 1.88 bits per heavy atom. The third-order valence-corrected chi connectivity index (χ3v) is 3.77. The highest BCUT2D eigenvalue weighted by Gasteiger charge is 2.32. The molecule has 2 atom stereocenters. The Kier molecular flexibility index (Phi) is 3.94. The zero-order valence-corrected chi connectivity index (χ0v) is 12.8. The third kappa shape index (κ3) is 2.93. The summed E-state index contributed by atoms with van der Waals surface area (Å²) in [5, 5.41) is 39.4. The molecule has 7 heteroatoms. The van der Waals surface area contributed by atoms with Crippen molar-refractivity contribution in [2.45, 2.75) is 25.6 Å². The summed E-state index contributed by atoms with van der Waals surface area (Å²) in [6, 6.07) is 6.84. The van der Waals surface area contributed by atoms with Crippen LogP contribution < -0.4 is 9.47 Å². The first kappa shape index (κ1) is 15.9. The molecule has 0 spiro atoms. The molecule has 1 aliphatic heterocycles. The normalized spacial score (nSPS) is 19.2. The first-order valence-corrected chi connectivity index (χ1v) is 7.26. The Morgan fingerprint density at radius 3 is 2.54 bits per heavy atom. The van der Waals surface area contributed by atoms with Crippen LogP contribution in [0.15, 0.2) is 30.3 Å². The number of rotatable bonds is 2. The van der Waals surface area contributed by atoms with Gasteiger partial charge in [0.05, 0.1) is 6.10 Å². The zero-order chi connectivity index (χ0) is 17.4. The number of aliphatic hydroxyl groups excluding tert-OH is 1. The summed E-state index contributed by atoms with van der Waals surface area (Å²) >= 11 is 0. The summed E-state index contributed by atoms with van der Waals surface area (Å²) in [6.45, 7) is 1.24. The lowest BCUT2D eigenvalue weighted by molar-refractivity contribution is -0.131. The molecule has 1 heterocycles. The van der Waals surface area contributed by atoms with Crippen LogP contribution in [0.2, 0.25) is 0 Å². The van der Waals surface area contributed by atoms with Crippen molar-refractivity contribution in [3.05, 3.63) is 41.5 Å². The molecular formula is C17H16O7. The minimum absolute atomic E-state index is 0.119. The van der Waals surface area contributed by atoms with Crippen LogP contribution >= 0.6 is 0 Å². The molecule has 0 fully saturated rings. The first-order chi connectivity index (χ1) is 11.3. The molecule has 2 aromatic rings. The lowest BCUT2D eigenvalue weighted by Crippen LogP contribution is -2.30. The largest absolute Gasteiger partial charge is 0.507 e. The number of phenolic OH excluding ortho intramolecular Hbond substituents is 3. The van der Waals surface area contributed by atoms with Gasteiger partial charge in [-0.1, -0.05) is 6.07 Å². The number of fused-ring (bicyclic) bond motifs is 1. The Labute approximate surface area is 137 Å². The van der Waals surface area contributed by atoms with Crippen LogP contribution in [0.1, 0.15) is 24.2 Å². The number of carbonyl (C=O) groups excluding carboxylic acids is 1. The standard InChI is InChI=1S/C17H16O7/c1-8(18)23-10-5-13(20)11-7-15(22)17(24-16(11)6-10)9-2-3-12(19)14(21)4-9/h2-6,15,17,19-22H,7H2,1H3/t15-,17-/m1/s1. The van der Waals surface area contributed by atoms with Gasteiger partial charge in [0, 0.05) is 31.0 Å². The van der Waals surface area contributed by atoms with Crippen molar-refractivity contribution in [3.63, 3.8) is 0 Å². The molecule has 0 unspecified atom stereocenters. The van der Waals surface area contributed by atoms with E-state index in [1.165, 1.54) is 37.3 Å². The highest BCUT2D eigenvalue weighted by molar-refractivity contribution is 5.70. The van der Waals surface area contributed by atoms with Gasteiger partial charge in [-0.15, -0.1) is 0 Å². The number of carbonyl (C=O) groups is 1. The van der Waals surface area contributed by atoms with Gasteiger partial charge in [-0.05, 0) is 17.7 Å². The van der Waals surface area contributed by atoms with Gasteiger partial charge in [0.15, 0.2) is 11.5 Å². The van der Waals surface area contributed by atoms with Gasteiger partial charge in [-0.25, -0.2) is 0 Å². The van der Waals surface area contributed by atoms with Crippen LogP contribution in [0.25, 0.3) is 0 Å². The van der Waals surface area contributed by atoms with Crippen molar-refractivity contribution in [3.8, 4) is 28.7 Å². The molecule has 2 aromatic carbocycles. The quantitative estimate of drug-likeness (QED) is 0.376. The molecule has 3 rings (SSSR count). The van der Waals surface area contributed by atoms with Crippen LogP contribution in [0.5, 0.6) is 28.7 Å². The van der Waals surface area contributed by atoms with Gasteiger partial charge >= 0.3 is 5.97 Å². The molecule has 126 valence electrons.